The molecule has 126 valence electrons. The van der Waals surface area contributed by atoms with Crippen LogP contribution in [-0.4, -0.2) is 61.2 Å². The highest BCUT2D eigenvalue weighted by Crippen LogP contribution is 2.20. The molecule has 23 heavy (non-hydrogen) atoms. The van der Waals surface area contributed by atoms with Gasteiger partial charge in [-0.15, -0.1) is 0 Å². The zero-order chi connectivity index (χ0) is 16.3. The van der Waals surface area contributed by atoms with Crippen LogP contribution >= 0.6 is 0 Å². The first-order valence-electron chi connectivity index (χ1n) is 8.05. The van der Waals surface area contributed by atoms with Gasteiger partial charge in [0, 0.05) is 32.4 Å². The number of pyridine rings is 1. The predicted molar refractivity (Wildman–Crippen MR) is 86.5 cm³/mol. The summed E-state index contributed by atoms with van der Waals surface area (Å²) in [4.78, 5) is 18.1. The smallest absolute Gasteiger partial charge is 0.244 e. The van der Waals surface area contributed by atoms with Crippen LogP contribution < -0.4 is 5.32 Å². The SMILES string of the molecule is O=C(CNc1ccc(S(=O)(=O)N2CCCC2)cn1)N1CCCC1. The van der Waals surface area contributed by atoms with Crippen LogP contribution in [0.5, 0.6) is 0 Å². The quantitative estimate of drug-likeness (QED) is 0.862. The standard InChI is InChI=1S/C15H22N4O3S/c20-15(18-7-1-2-8-18)12-17-14-6-5-13(11-16-14)23(21,22)19-9-3-4-10-19/h5-6,11H,1-4,7-10,12H2,(H,16,17). The molecule has 0 saturated carbocycles. The summed E-state index contributed by atoms with van der Waals surface area (Å²) >= 11 is 0. The fourth-order valence-electron chi connectivity index (χ4n) is 2.96. The fourth-order valence-corrected chi connectivity index (χ4v) is 4.42. The number of sulfonamides is 1. The van der Waals surface area contributed by atoms with Crippen LogP contribution in [0.3, 0.4) is 0 Å². The summed E-state index contributed by atoms with van der Waals surface area (Å²) in [5, 5.41) is 2.96. The van der Waals surface area contributed by atoms with Crippen molar-refractivity contribution < 1.29 is 13.2 Å². The molecule has 1 aromatic rings. The second-order valence-corrected chi connectivity index (χ2v) is 7.87. The largest absolute Gasteiger partial charge is 0.361 e. The molecule has 8 heteroatoms. The summed E-state index contributed by atoms with van der Waals surface area (Å²) in [6, 6.07) is 3.16. The van der Waals surface area contributed by atoms with E-state index in [1.165, 1.54) is 10.5 Å². The van der Waals surface area contributed by atoms with Gasteiger partial charge >= 0.3 is 0 Å². The molecule has 0 spiro atoms. The van der Waals surface area contributed by atoms with Gasteiger partial charge in [-0.1, -0.05) is 0 Å². The summed E-state index contributed by atoms with van der Waals surface area (Å²) < 4.78 is 26.3. The molecular formula is C15H22N4O3S. The van der Waals surface area contributed by atoms with Crippen molar-refractivity contribution in [2.75, 3.05) is 38.0 Å². The lowest BCUT2D eigenvalue weighted by molar-refractivity contribution is -0.128. The van der Waals surface area contributed by atoms with Gasteiger partial charge in [0.15, 0.2) is 0 Å². The van der Waals surface area contributed by atoms with E-state index in [1.807, 2.05) is 4.90 Å². The van der Waals surface area contributed by atoms with Crippen LogP contribution in [0.25, 0.3) is 0 Å². The van der Waals surface area contributed by atoms with Gasteiger partial charge in [0.1, 0.15) is 10.7 Å². The van der Waals surface area contributed by atoms with Gasteiger partial charge in [-0.25, -0.2) is 13.4 Å². The van der Waals surface area contributed by atoms with Crippen LogP contribution in [0.15, 0.2) is 23.2 Å². The third kappa shape index (κ3) is 3.64. The Morgan fingerprint density at radius 1 is 1.09 bits per heavy atom. The van der Waals surface area contributed by atoms with E-state index in [4.69, 9.17) is 0 Å². The minimum atomic E-state index is -3.43. The van der Waals surface area contributed by atoms with E-state index in [9.17, 15) is 13.2 Å². The average Bonchev–Trinajstić information content (AvgIpc) is 3.25. The Labute approximate surface area is 136 Å². The molecule has 2 aliphatic rings. The number of hydrogen-bond donors (Lipinski definition) is 1. The molecule has 0 unspecified atom stereocenters. The van der Waals surface area contributed by atoms with Crippen molar-refractivity contribution in [3.05, 3.63) is 18.3 Å². The molecule has 1 aromatic heterocycles. The Hall–Kier alpha value is -1.67. The number of carbonyl (C=O) groups is 1. The molecule has 1 amide bonds. The van der Waals surface area contributed by atoms with Crippen LogP contribution in [0.4, 0.5) is 5.82 Å². The first-order valence-corrected chi connectivity index (χ1v) is 9.49. The molecule has 2 saturated heterocycles. The predicted octanol–water partition coefficient (Wildman–Crippen LogP) is 0.900. The van der Waals surface area contributed by atoms with Crippen LogP contribution in [0.1, 0.15) is 25.7 Å². The minimum Gasteiger partial charge on any atom is -0.361 e. The van der Waals surface area contributed by atoms with E-state index in [1.54, 1.807) is 12.1 Å². The molecule has 0 radical (unpaired) electrons. The second kappa shape index (κ2) is 6.84. The van der Waals surface area contributed by atoms with Gasteiger partial charge in [0.05, 0.1) is 6.54 Å². The van der Waals surface area contributed by atoms with E-state index < -0.39 is 10.0 Å². The molecule has 0 aliphatic carbocycles. The highest BCUT2D eigenvalue weighted by atomic mass is 32.2. The number of hydrogen-bond acceptors (Lipinski definition) is 5. The molecule has 2 fully saturated rings. The second-order valence-electron chi connectivity index (χ2n) is 5.93. The van der Waals surface area contributed by atoms with Gasteiger partial charge in [-0.05, 0) is 37.8 Å². The van der Waals surface area contributed by atoms with Gasteiger partial charge in [0.25, 0.3) is 0 Å². The number of aromatic nitrogens is 1. The number of nitrogens with one attached hydrogen (secondary N) is 1. The third-order valence-electron chi connectivity index (χ3n) is 4.32. The summed E-state index contributed by atoms with van der Waals surface area (Å²) in [5.41, 5.74) is 0. The zero-order valence-electron chi connectivity index (χ0n) is 13.1. The Bertz CT molecular complexity index is 648. The maximum atomic E-state index is 12.4. The van der Waals surface area contributed by atoms with Gasteiger partial charge in [-0.3, -0.25) is 4.79 Å². The van der Waals surface area contributed by atoms with Crippen LogP contribution in [0, 0.1) is 0 Å². The van der Waals surface area contributed by atoms with Crippen molar-refractivity contribution in [1.29, 1.82) is 0 Å². The summed E-state index contributed by atoms with van der Waals surface area (Å²) in [6.45, 7) is 2.98. The number of rotatable bonds is 5. The average molecular weight is 338 g/mol. The molecule has 0 bridgehead atoms. The Morgan fingerprint density at radius 3 is 2.35 bits per heavy atom. The third-order valence-corrected chi connectivity index (χ3v) is 6.20. The molecule has 1 N–H and O–H groups in total. The highest BCUT2D eigenvalue weighted by Gasteiger charge is 2.27. The number of carbonyl (C=O) groups excluding carboxylic acids is 1. The van der Waals surface area contributed by atoms with Crippen LogP contribution in [-0.2, 0) is 14.8 Å². The first kappa shape index (κ1) is 16.2. The summed E-state index contributed by atoms with van der Waals surface area (Å²) in [7, 11) is -3.43. The molecule has 2 aliphatic heterocycles. The monoisotopic (exact) mass is 338 g/mol. The minimum absolute atomic E-state index is 0.0538. The van der Waals surface area contributed by atoms with Gasteiger partial charge in [-0.2, -0.15) is 4.31 Å². The summed E-state index contributed by atoms with van der Waals surface area (Å²) in [6.07, 6.45) is 5.30. The molecule has 7 nitrogen and oxygen atoms in total. The maximum Gasteiger partial charge on any atom is 0.244 e. The lowest BCUT2D eigenvalue weighted by atomic mass is 10.4. The molecule has 0 aromatic carbocycles. The molecule has 3 rings (SSSR count). The topological polar surface area (TPSA) is 82.6 Å². The Kier molecular flexibility index (Phi) is 4.82. The number of amides is 1. The molecule has 3 heterocycles. The van der Waals surface area contributed by atoms with E-state index in [2.05, 4.69) is 10.3 Å². The zero-order valence-corrected chi connectivity index (χ0v) is 13.9. The van der Waals surface area contributed by atoms with Crippen molar-refractivity contribution in [3.8, 4) is 0 Å². The van der Waals surface area contributed by atoms with E-state index in [-0.39, 0.29) is 17.3 Å². The Morgan fingerprint density at radius 2 is 1.74 bits per heavy atom. The van der Waals surface area contributed by atoms with Crippen molar-refractivity contribution in [2.45, 2.75) is 30.6 Å². The van der Waals surface area contributed by atoms with Crippen molar-refractivity contribution in [3.63, 3.8) is 0 Å². The lowest BCUT2D eigenvalue weighted by Gasteiger charge is -2.16. The van der Waals surface area contributed by atoms with Gasteiger partial charge < -0.3 is 10.2 Å². The highest BCUT2D eigenvalue weighted by molar-refractivity contribution is 7.89. The maximum absolute atomic E-state index is 12.4. The van der Waals surface area contributed by atoms with E-state index in [0.717, 1.165) is 38.8 Å². The normalized spacial score (nSPS) is 19.2. The van der Waals surface area contributed by atoms with Crippen molar-refractivity contribution >= 4 is 21.7 Å². The Balaban J connectivity index is 1.59. The van der Waals surface area contributed by atoms with E-state index >= 15 is 0 Å². The van der Waals surface area contributed by atoms with Gasteiger partial charge in [0.2, 0.25) is 15.9 Å². The number of nitrogens with zero attached hydrogens (tertiary/aromatic N) is 3. The summed E-state index contributed by atoms with van der Waals surface area (Å²) in [5.74, 6) is 0.566. The van der Waals surface area contributed by atoms with Crippen molar-refractivity contribution in [1.82, 2.24) is 14.2 Å². The van der Waals surface area contributed by atoms with Crippen LogP contribution in [0.2, 0.25) is 0 Å². The van der Waals surface area contributed by atoms with Crippen molar-refractivity contribution in [2.24, 2.45) is 0 Å². The molecule has 0 atom stereocenters. The fraction of sp³-hybridized carbons (Fsp3) is 0.600. The molecular weight excluding hydrogens is 316 g/mol. The number of anilines is 1. The number of likely N-dealkylation sites (tertiary alicyclic amines) is 1. The van der Waals surface area contributed by atoms with E-state index in [0.29, 0.717) is 18.9 Å². The lowest BCUT2D eigenvalue weighted by Crippen LogP contribution is -2.33. The first-order chi connectivity index (χ1) is 11.1.